The molecule has 19 heavy (non-hydrogen) atoms. The summed E-state index contributed by atoms with van der Waals surface area (Å²) in [5.41, 5.74) is 1.99. The molecule has 0 radical (unpaired) electrons. The van der Waals surface area contributed by atoms with Crippen LogP contribution in [0.1, 0.15) is 5.56 Å². The summed E-state index contributed by atoms with van der Waals surface area (Å²) < 4.78 is 1.06. The highest BCUT2D eigenvalue weighted by Gasteiger charge is 2.00. The Morgan fingerprint density at radius 3 is 2.37 bits per heavy atom. The number of urea groups is 1. The zero-order valence-corrected chi connectivity index (χ0v) is 12.0. The van der Waals surface area contributed by atoms with E-state index in [0.29, 0.717) is 6.54 Å². The molecule has 2 N–H and O–H groups in total. The zero-order chi connectivity index (χ0) is 13.5. The first kappa shape index (κ1) is 13.6. The second kappa shape index (κ2) is 6.95. The van der Waals surface area contributed by atoms with Gasteiger partial charge in [-0.3, -0.25) is 0 Å². The summed E-state index contributed by atoms with van der Waals surface area (Å²) in [6.07, 6.45) is 0.815. The van der Waals surface area contributed by atoms with Crippen LogP contribution >= 0.6 is 15.9 Å². The van der Waals surface area contributed by atoms with Crippen LogP contribution in [0.2, 0.25) is 0 Å². The Morgan fingerprint density at radius 2 is 1.68 bits per heavy atom. The zero-order valence-electron chi connectivity index (χ0n) is 10.4. The smallest absolute Gasteiger partial charge is 0.319 e. The van der Waals surface area contributed by atoms with E-state index >= 15 is 0 Å². The van der Waals surface area contributed by atoms with Crippen LogP contribution in [0, 0.1) is 0 Å². The molecular formula is C15H15BrN2O. The Kier molecular flexibility index (Phi) is 4.98. The predicted molar refractivity (Wildman–Crippen MR) is 81.3 cm³/mol. The lowest BCUT2D eigenvalue weighted by molar-refractivity contribution is 0.252. The summed E-state index contributed by atoms with van der Waals surface area (Å²) in [4.78, 5) is 11.6. The maximum atomic E-state index is 11.6. The standard InChI is InChI=1S/C15H15BrN2O/c16-13-8-6-12(7-9-13)10-11-17-15(19)18-14-4-2-1-3-5-14/h1-9H,10-11H2,(H2,17,18,19). The van der Waals surface area contributed by atoms with Gasteiger partial charge >= 0.3 is 6.03 Å². The first-order valence-electron chi connectivity index (χ1n) is 6.08. The molecule has 2 aromatic rings. The van der Waals surface area contributed by atoms with Gasteiger partial charge in [-0.1, -0.05) is 46.3 Å². The number of carbonyl (C=O) groups excluding carboxylic acids is 1. The Balaban J connectivity index is 1.74. The molecule has 2 aromatic carbocycles. The van der Waals surface area contributed by atoms with Gasteiger partial charge in [-0.25, -0.2) is 4.79 Å². The number of para-hydroxylation sites is 1. The van der Waals surface area contributed by atoms with Crippen LogP contribution in [-0.4, -0.2) is 12.6 Å². The highest BCUT2D eigenvalue weighted by molar-refractivity contribution is 9.10. The van der Waals surface area contributed by atoms with Gasteiger partial charge in [-0.2, -0.15) is 0 Å². The molecule has 0 aliphatic heterocycles. The molecule has 0 saturated carbocycles. The van der Waals surface area contributed by atoms with Crippen LogP contribution < -0.4 is 10.6 Å². The lowest BCUT2D eigenvalue weighted by Gasteiger charge is -2.07. The fraction of sp³-hybridized carbons (Fsp3) is 0.133. The van der Waals surface area contributed by atoms with Gasteiger partial charge in [-0.05, 0) is 36.2 Å². The van der Waals surface area contributed by atoms with Crippen LogP contribution in [0.15, 0.2) is 59.1 Å². The van der Waals surface area contributed by atoms with Crippen molar-refractivity contribution in [1.29, 1.82) is 0 Å². The molecule has 0 aliphatic carbocycles. The lowest BCUT2D eigenvalue weighted by Crippen LogP contribution is -2.30. The number of anilines is 1. The Labute approximate surface area is 121 Å². The molecule has 3 nitrogen and oxygen atoms in total. The number of hydrogen-bond acceptors (Lipinski definition) is 1. The third kappa shape index (κ3) is 4.75. The summed E-state index contributed by atoms with van der Waals surface area (Å²) in [6.45, 7) is 0.611. The largest absolute Gasteiger partial charge is 0.338 e. The van der Waals surface area contributed by atoms with Gasteiger partial charge in [0, 0.05) is 16.7 Å². The van der Waals surface area contributed by atoms with Crippen LogP contribution in [0.3, 0.4) is 0 Å². The number of nitrogens with one attached hydrogen (secondary N) is 2. The first-order chi connectivity index (χ1) is 9.24. The number of benzene rings is 2. The molecule has 98 valence electrons. The van der Waals surface area contributed by atoms with Gasteiger partial charge in [0.15, 0.2) is 0 Å². The molecule has 0 atom stereocenters. The summed E-state index contributed by atoms with van der Waals surface area (Å²) in [6, 6.07) is 17.3. The maximum absolute atomic E-state index is 11.6. The van der Waals surface area contributed by atoms with Crippen LogP contribution in [-0.2, 0) is 6.42 Å². The van der Waals surface area contributed by atoms with Crippen molar-refractivity contribution in [2.75, 3.05) is 11.9 Å². The van der Waals surface area contributed by atoms with Crippen LogP contribution in [0.5, 0.6) is 0 Å². The number of rotatable bonds is 4. The van der Waals surface area contributed by atoms with Gasteiger partial charge < -0.3 is 10.6 Å². The molecule has 0 aliphatic rings. The van der Waals surface area contributed by atoms with Crippen molar-refractivity contribution < 1.29 is 4.79 Å². The molecule has 0 bridgehead atoms. The molecule has 0 saturated heterocycles. The molecule has 4 heteroatoms. The molecule has 0 fully saturated rings. The summed E-state index contributed by atoms with van der Waals surface area (Å²) in [5, 5.41) is 5.61. The fourth-order valence-electron chi connectivity index (χ4n) is 1.67. The average molecular weight is 319 g/mol. The Hall–Kier alpha value is -1.81. The van der Waals surface area contributed by atoms with E-state index in [1.54, 1.807) is 0 Å². The van der Waals surface area contributed by atoms with Crippen molar-refractivity contribution >= 4 is 27.6 Å². The molecule has 0 heterocycles. The molecule has 2 amide bonds. The van der Waals surface area contributed by atoms with Gasteiger partial charge in [0.1, 0.15) is 0 Å². The van der Waals surface area contributed by atoms with Crippen molar-refractivity contribution in [3.05, 3.63) is 64.6 Å². The summed E-state index contributed by atoms with van der Waals surface area (Å²) >= 11 is 3.39. The molecule has 2 rings (SSSR count). The number of hydrogen-bond donors (Lipinski definition) is 2. The molecule has 0 unspecified atom stereocenters. The van der Waals surface area contributed by atoms with Crippen LogP contribution in [0.4, 0.5) is 10.5 Å². The monoisotopic (exact) mass is 318 g/mol. The van der Waals surface area contributed by atoms with Gasteiger partial charge in [0.2, 0.25) is 0 Å². The van der Waals surface area contributed by atoms with E-state index in [2.05, 4.69) is 26.6 Å². The predicted octanol–water partition coefficient (Wildman–Crippen LogP) is 3.81. The maximum Gasteiger partial charge on any atom is 0.319 e. The van der Waals surface area contributed by atoms with Crippen LogP contribution in [0.25, 0.3) is 0 Å². The third-order valence-corrected chi connectivity index (χ3v) is 3.17. The van der Waals surface area contributed by atoms with Crippen molar-refractivity contribution in [2.24, 2.45) is 0 Å². The number of carbonyl (C=O) groups is 1. The van der Waals surface area contributed by atoms with Crippen molar-refractivity contribution in [2.45, 2.75) is 6.42 Å². The molecule has 0 spiro atoms. The second-order valence-corrected chi connectivity index (χ2v) is 5.04. The number of halogens is 1. The summed E-state index contributed by atoms with van der Waals surface area (Å²) in [7, 11) is 0. The number of amides is 2. The van der Waals surface area contributed by atoms with E-state index in [9.17, 15) is 4.79 Å². The quantitative estimate of drug-likeness (QED) is 0.884. The minimum atomic E-state index is -0.177. The van der Waals surface area contributed by atoms with E-state index in [4.69, 9.17) is 0 Å². The van der Waals surface area contributed by atoms with Crippen molar-refractivity contribution in [3.63, 3.8) is 0 Å². The van der Waals surface area contributed by atoms with Gasteiger partial charge in [-0.15, -0.1) is 0 Å². The SMILES string of the molecule is O=C(NCCc1ccc(Br)cc1)Nc1ccccc1. The van der Waals surface area contributed by atoms with E-state index in [-0.39, 0.29) is 6.03 Å². The van der Waals surface area contributed by atoms with E-state index in [0.717, 1.165) is 16.6 Å². The molecular weight excluding hydrogens is 304 g/mol. The first-order valence-corrected chi connectivity index (χ1v) is 6.88. The lowest BCUT2D eigenvalue weighted by atomic mass is 10.1. The molecule has 0 aromatic heterocycles. The highest BCUT2D eigenvalue weighted by atomic mass is 79.9. The average Bonchev–Trinajstić information content (AvgIpc) is 2.42. The van der Waals surface area contributed by atoms with E-state index in [1.165, 1.54) is 5.56 Å². The van der Waals surface area contributed by atoms with Crippen molar-refractivity contribution in [1.82, 2.24) is 5.32 Å². The normalized spacial score (nSPS) is 9.95. The Morgan fingerprint density at radius 1 is 1.00 bits per heavy atom. The van der Waals surface area contributed by atoms with Gasteiger partial charge in [0.25, 0.3) is 0 Å². The van der Waals surface area contributed by atoms with E-state index < -0.39 is 0 Å². The fourth-order valence-corrected chi connectivity index (χ4v) is 1.93. The minimum absolute atomic E-state index is 0.177. The Bertz CT molecular complexity index is 526. The third-order valence-electron chi connectivity index (χ3n) is 2.64. The second-order valence-electron chi connectivity index (χ2n) is 4.12. The van der Waals surface area contributed by atoms with E-state index in [1.807, 2.05) is 54.6 Å². The topological polar surface area (TPSA) is 41.1 Å². The highest BCUT2D eigenvalue weighted by Crippen LogP contribution is 2.10. The van der Waals surface area contributed by atoms with Gasteiger partial charge in [0.05, 0.1) is 0 Å². The van der Waals surface area contributed by atoms with Crippen molar-refractivity contribution in [3.8, 4) is 0 Å². The minimum Gasteiger partial charge on any atom is -0.338 e. The summed E-state index contributed by atoms with van der Waals surface area (Å²) in [5.74, 6) is 0.